The molecule has 0 atom stereocenters. The zero-order chi connectivity index (χ0) is 63.0. The van der Waals surface area contributed by atoms with Gasteiger partial charge in [-0.2, -0.15) is 21.0 Å². The van der Waals surface area contributed by atoms with Crippen molar-refractivity contribution in [1.29, 1.82) is 21.0 Å². The molecule has 10 heterocycles. The first-order valence-corrected chi connectivity index (χ1v) is 28.1. The Labute approximate surface area is 540 Å². The third kappa shape index (κ3) is 18.0. The summed E-state index contributed by atoms with van der Waals surface area (Å²) in [7, 11) is 6.48. The Morgan fingerprint density at radius 2 is 0.860 bits per heavy atom. The summed E-state index contributed by atoms with van der Waals surface area (Å²) in [5.41, 5.74) is 9.44. The van der Waals surface area contributed by atoms with Gasteiger partial charge in [0, 0.05) is 84.2 Å². The van der Waals surface area contributed by atoms with E-state index < -0.39 is 34.2 Å². The number of nitrogens with one attached hydrogen (secondary N) is 3. The molecule has 0 saturated carbocycles. The molecule has 0 spiro atoms. The summed E-state index contributed by atoms with van der Waals surface area (Å²) in [5.74, 6) is 0. The largest absolute Gasteiger partial charge is 1.00 e. The summed E-state index contributed by atoms with van der Waals surface area (Å²) in [6, 6.07) is 17.4. The molecular formula is C61H63Cl5IN15O4. The molecule has 3 N–H and O–H groups in total. The fourth-order valence-corrected chi connectivity index (χ4v) is 9.11. The number of hydrogen-bond donors (Lipinski definition) is 3. The molecule has 19 nitrogen and oxygen atoms in total. The number of nitrogens with zero attached hydrogens (tertiary/aromatic N) is 12. The van der Waals surface area contributed by atoms with Gasteiger partial charge in [-0.25, -0.2) is 9.59 Å². The number of ether oxygens (including phenoxy) is 2. The summed E-state index contributed by atoms with van der Waals surface area (Å²) in [4.78, 5) is 55.1. The van der Waals surface area contributed by atoms with E-state index in [1.807, 2.05) is 32.3 Å². The lowest BCUT2D eigenvalue weighted by Gasteiger charge is -2.23. The standard InChI is InChI=1S/C16H18ClN3O2.C14H14ClN3O2.C11H15ClN3.C11H10ClN3.C9H6ClN3.HI/c1-15(2,3)22-14(21)20-8-11(16(4,5)9-18)13-12(20)6-10(17)7-19-13;1-14(2,3)20-13(19)18-8-9(4-5-16)12-11(18)6-10(15)7-17-12;1-15(2,3)7-8-5-13-10-4-9(12)6-14-11(8)10;1-11(2,6-13)8-5-14-9-3-7(12)4-15-10(8)9;10-7-3-8-9(13-5-7)6(1-2-11)4-12-8;/h6-8H,1-5H3;6-8H,4H2,1-3H3;4-6,13H,7H2,1-3H3;3-5,14H,1-2H3;3-5,12H,1H2;1H/q;;+1;;;/p-1. The first-order valence-electron chi connectivity index (χ1n) is 26.2. The van der Waals surface area contributed by atoms with Crippen molar-refractivity contribution in [3.05, 3.63) is 145 Å². The van der Waals surface area contributed by atoms with Gasteiger partial charge in [-0.05, 0) is 99.6 Å². The van der Waals surface area contributed by atoms with E-state index in [1.165, 1.54) is 27.1 Å². The molecule has 25 heteroatoms. The van der Waals surface area contributed by atoms with Gasteiger partial charge in [0.1, 0.15) is 17.7 Å². The lowest BCUT2D eigenvalue weighted by molar-refractivity contribution is -0.883. The van der Waals surface area contributed by atoms with Crippen molar-refractivity contribution in [2.24, 2.45) is 0 Å². The molecular weight excluding hydrogens is 1310 g/mol. The molecule has 86 heavy (non-hydrogen) atoms. The molecule has 0 fully saturated rings. The second-order valence-corrected chi connectivity index (χ2v) is 25.7. The summed E-state index contributed by atoms with van der Waals surface area (Å²) in [5, 5.41) is 38.5. The molecule has 0 aliphatic heterocycles. The van der Waals surface area contributed by atoms with E-state index in [2.05, 4.69) is 85.3 Å². The van der Waals surface area contributed by atoms with Crippen molar-refractivity contribution in [2.75, 3.05) is 21.1 Å². The van der Waals surface area contributed by atoms with Crippen LogP contribution in [0.2, 0.25) is 25.1 Å². The quantitative estimate of drug-likeness (QED) is 0.103. The van der Waals surface area contributed by atoms with Crippen LogP contribution >= 0.6 is 58.0 Å². The predicted octanol–water partition coefficient (Wildman–Crippen LogP) is 12.5. The van der Waals surface area contributed by atoms with Gasteiger partial charge in [-0.15, -0.1) is 0 Å². The van der Waals surface area contributed by atoms with Crippen LogP contribution in [0, 0.1) is 45.3 Å². The normalized spacial score (nSPS) is 11.5. The molecule has 10 rings (SSSR count). The zero-order valence-corrected chi connectivity index (χ0v) is 55.5. The topological polar surface area (TPSA) is 269 Å². The Balaban J connectivity index is 0.000000198. The number of carbonyl (C=O) groups excluding carboxylic acids is 2. The van der Waals surface area contributed by atoms with Crippen LogP contribution in [0.4, 0.5) is 9.59 Å². The van der Waals surface area contributed by atoms with Crippen LogP contribution in [-0.2, 0) is 39.7 Å². The van der Waals surface area contributed by atoms with Crippen molar-refractivity contribution in [3.8, 4) is 24.3 Å². The van der Waals surface area contributed by atoms with Crippen LogP contribution in [0.5, 0.6) is 0 Å². The number of aromatic nitrogens is 10. The zero-order valence-electron chi connectivity index (χ0n) is 49.5. The minimum absolute atomic E-state index is 0. The van der Waals surface area contributed by atoms with E-state index in [-0.39, 0.29) is 30.4 Å². The highest BCUT2D eigenvalue weighted by Crippen LogP contribution is 2.33. The maximum absolute atomic E-state index is 12.4. The average molecular weight is 1370 g/mol. The van der Waals surface area contributed by atoms with Crippen molar-refractivity contribution in [2.45, 2.75) is 111 Å². The first-order chi connectivity index (χ1) is 39.7. The van der Waals surface area contributed by atoms with Crippen LogP contribution < -0.4 is 24.0 Å². The molecule has 0 amide bonds. The fraction of sp³-hybridized carbons (Fsp3) is 0.328. The second kappa shape index (κ2) is 28.3. The third-order valence-corrected chi connectivity index (χ3v) is 13.2. The number of carbonyl (C=O) groups is 2. The van der Waals surface area contributed by atoms with Crippen molar-refractivity contribution in [3.63, 3.8) is 0 Å². The van der Waals surface area contributed by atoms with E-state index >= 15 is 0 Å². The number of fused-ring (bicyclic) bond motifs is 5. The van der Waals surface area contributed by atoms with E-state index in [0.717, 1.165) is 55.3 Å². The Bertz CT molecular complexity index is 4260. The molecule has 10 aromatic heterocycles. The van der Waals surface area contributed by atoms with Gasteiger partial charge in [0.05, 0.1) is 155 Å². The van der Waals surface area contributed by atoms with E-state index in [0.29, 0.717) is 64.7 Å². The van der Waals surface area contributed by atoms with Crippen molar-refractivity contribution >= 4 is 125 Å². The van der Waals surface area contributed by atoms with Gasteiger partial charge in [0.25, 0.3) is 0 Å². The van der Waals surface area contributed by atoms with Crippen LogP contribution in [-0.4, -0.2) is 98.0 Å². The van der Waals surface area contributed by atoms with Gasteiger partial charge < -0.3 is 52.9 Å². The summed E-state index contributed by atoms with van der Waals surface area (Å²) in [6.07, 6.45) is 16.1. The predicted molar refractivity (Wildman–Crippen MR) is 334 cm³/mol. The number of halogens is 6. The van der Waals surface area contributed by atoms with Gasteiger partial charge in [-0.3, -0.25) is 34.1 Å². The number of rotatable bonds is 6. The molecule has 0 saturated heterocycles. The summed E-state index contributed by atoms with van der Waals surface area (Å²) in [6.45, 7) is 19.0. The van der Waals surface area contributed by atoms with Gasteiger partial charge >= 0.3 is 12.2 Å². The summed E-state index contributed by atoms with van der Waals surface area (Å²) >= 11 is 29.4. The third-order valence-electron chi connectivity index (χ3n) is 12.2. The van der Waals surface area contributed by atoms with Crippen molar-refractivity contribution in [1.82, 2.24) is 49.0 Å². The number of aromatic amines is 3. The number of quaternary nitrogens is 1. The van der Waals surface area contributed by atoms with Gasteiger partial charge in [0.2, 0.25) is 0 Å². The molecule has 0 radical (unpaired) electrons. The monoisotopic (exact) mass is 1370 g/mol. The lowest BCUT2D eigenvalue weighted by Crippen LogP contribution is -3.00. The maximum Gasteiger partial charge on any atom is 0.419 e. The second-order valence-electron chi connectivity index (χ2n) is 23.5. The smallest absolute Gasteiger partial charge is 0.419 e. The molecule has 448 valence electrons. The minimum atomic E-state index is -0.785. The summed E-state index contributed by atoms with van der Waals surface area (Å²) < 4.78 is 14.3. The SMILES string of the molecule is CC(C)(C#N)c1c[nH]c2cc(Cl)cnc12.CC(C)(C)OC(=O)n1cc(C(C)(C)C#N)c2ncc(Cl)cc21.CC(C)(C)OC(=O)n1cc(CC#N)c2ncc(Cl)cc21.C[N+](C)(C)Cc1c[nH]c2cc(Cl)cnc12.N#CCc1c[nH]c2cc(Cl)cnc12.[I-]. The van der Waals surface area contributed by atoms with E-state index in [4.69, 9.17) is 83.3 Å². The molecule has 0 bridgehead atoms. The highest BCUT2D eigenvalue weighted by atomic mass is 127. The Morgan fingerprint density at radius 1 is 0.500 bits per heavy atom. The maximum atomic E-state index is 12.4. The number of nitriles is 4. The highest BCUT2D eigenvalue weighted by molar-refractivity contribution is 6.32. The van der Waals surface area contributed by atoms with Crippen LogP contribution in [0.3, 0.4) is 0 Å². The molecule has 0 aliphatic carbocycles. The van der Waals surface area contributed by atoms with Crippen LogP contribution in [0.15, 0.2) is 92.3 Å². The number of H-pyrrole nitrogens is 3. The fourth-order valence-electron chi connectivity index (χ4n) is 8.33. The van der Waals surface area contributed by atoms with Crippen molar-refractivity contribution < 1.29 is 47.5 Å². The Kier molecular flexibility index (Phi) is 22.8. The molecule has 0 aromatic carbocycles. The lowest BCUT2D eigenvalue weighted by atomic mass is 9.87. The number of hydrogen-bond acceptors (Lipinski definition) is 13. The van der Waals surface area contributed by atoms with Gasteiger partial charge in [-0.1, -0.05) is 58.0 Å². The highest BCUT2D eigenvalue weighted by Gasteiger charge is 2.30. The van der Waals surface area contributed by atoms with E-state index in [9.17, 15) is 14.9 Å². The van der Waals surface area contributed by atoms with Crippen LogP contribution in [0.1, 0.15) is 97.1 Å². The first kappa shape index (κ1) is 69.3. The van der Waals surface area contributed by atoms with E-state index in [1.54, 1.807) is 117 Å². The number of pyridine rings is 5. The molecule has 10 aromatic rings. The Morgan fingerprint density at radius 3 is 1.31 bits per heavy atom. The van der Waals surface area contributed by atoms with Gasteiger partial charge in [0.15, 0.2) is 0 Å². The molecule has 0 aliphatic rings. The Hall–Kier alpha value is -7.51. The average Bonchev–Trinajstić information content (AvgIpc) is 1.77. The van der Waals surface area contributed by atoms with Crippen LogP contribution in [0.25, 0.3) is 55.2 Å². The minimum Gasteiger partial charge on any atom is -1.00 e. The molecule has 0 unspecified atom stereocenters.